The van der Waals surface area contributed by atoms with Gasteiger partial charge in [0.1, 0.15) is 5.54 Å². The number of esters is 1. The van der Waals surface area contributed by atoms with Gasteiger partial charge in [-0.2, -0.15) is 0 Å². The SMILES string of the molecule is COC(=O)c1cccc(N)c1C#CC1(C)CCCN1C(=O)O. The molecule has 1 aliphatic heterocycles. The number of hydrogen-bond acceptors (Lipinski definition) is 4. The van der Waals surface area contributed by atoms with Gasteiger partial charge in [0, 0.05) is 12.2 Å². The molecule has 2 rings (SSSR count). The first-order valence-electron chi connectivity index (χ1n) is 6.89. The minimum Gasteiger partial charge on any atom is -0.465 e. The van der Waals surface area contributed by atoms with Crippen molar-refractivity contribution in [3.8, 4) is 11.8 Å². The molecule has 0 spiro atoms. The van der Waals surface area contributed by atoms with Crippen LogP contribution in [0, 0.1) is 11.8 Å². The lowest BCUT2D eigenvalue weighted by Gasteiger charge is -2.27. The molecule has 0 aliphatic carbocycles. The second kappa shape index (κ2) is 5.98. The van der Waals surface area contributed by atoms with E-state index in [9.17, 15) is 14.7 Å². The first kappa shape index (κ1) is 15.7. The van der Waals surface area contributed by atoms with Crippen molar-refractivity contribution in [2.75, 3.05) is 19.4 Å². The van der Waals surface area contributed by atoms with Gasteiger partial charge in [-0.3, -0.25) is 4.90 Å². The molecule has 1 aromatic carbocycles. The van der Waals surface area contributed by atoms with E-state index in [2.05, 4.69) is 11.8 Å². The van der Waals surface area contributed by atoms with Crippen LogP contribution < -0.4 is 5.73 Å². The molecule has 116 valence electrons. The summed E-state index contributed by atoms with van der Waals surface area (Å²) in [4.78, 5) is 24.4. The number of nitrogens with two attached hydrogens (primary N) is 1. The van der Waals surface area contributed by atoms with Crippen LogP contribution in [0.5, 0.6) is 0 Å². The molecule has 0 bridgehead atoms. The Morgan fingerprint density at radius 3 is 2.82 bits per heavy atom. The molecular weight excluding hydrogens is 284 g/mol. The Balaban J connectivity index is 2.44. The molecule has 1 aliphatic rings. The summed E-state index contributed by atoms with van der Waals surface area (Å²) in [6.07, 6.45) is 0.404. The van der Waals surface area contributed by atoms with Crippen molar-refractivity contribution in [1.82, 2.24) is 4.90 Å². The van der Waals surface area contributed by atoms with Crippen LogP contribution in [0.25, 0.3) is 0 Å². The summed E-state index contributed by atoms with van der Waals surface area (Å²) in [6, 6.07) is 4.87. The van der Waals surface area contributed by atoms with Crippen molar-refractivity contribution in [2.24, 2.45) is 0 Å². The summed E-state index contributed by atoms with van der Waals surface area (Å²) in [5, 5.41) is 9.24. The van der Waals surface area contributed by atoms with E-state index in [1.807, 2.05) is 0 Å². The Morgan fingerprint density at radius 1 is 1.45 bits per heavy atom. The lowest BCUT2D eigenvalue weighted by molar-refractivity contribution is 0.0600. The molecule has 0 saturated carbocycles. The Morgan fingerprint density at radius 2 is 2.18 bits per heavy atom. The van der Waals surface area contributed by atoms with Gasteiger partial charge in [0.25, 0.3) is 0 Å². The standard InChI is InChI=1S/C16H18N2O4/c1-16(8-4-10-18(16)15(20)21)9-7-11-12(14(19)22-2)5-3-6-13(11)17/h3,5-6H,4,8,10,17H2,1-2H3,(H,20,21). The number of likely N-dealkylation sites (tertiary alicyclic amines) is 1. The van der Waals surface area contributed by atoms with Crippen molar-refractivity contribution >= 4 is 17.7 Å². The van der Waals surface area contributed by atoms with Crippen LogP contribution in [-0.4, -0.2) is 41.3 Å². The number of ether oxygens (including phenoxy) is 1. The average Bonchev–Trinajstić information content (AvgIpc) is 2.87. The molecule has 0 radical (unpaired) electrons. The molecular formula is C16H18N2O4. The van der Waals surface area contributed by atoms with E-state index in [1.165, 1.54) is 12.0 Å². The van der Waals surface area contributed by atoms with Crippen LogP contribution >= 0.6 is 0 Å². The molecule has 1 fully saturated rings. The van der Waals surface area contributed by atoms with Gasteiger partial charge in [0.05, 0.1) is 18.2 Å². The van der Waals surface area contributed by atoms with E-state index < -0.39 is 17.6 Å². The summed E-state index contributed by atoms with van der Waals surface area (Å²) < 4.78 is 4.72. The number of hydrogen-bond donors (Lipinski definition) is 2. The van der Waals surface area contributed by atoms with Gasteiger partial charge in [-0.25, -0.2) is 9.59 Å². The van der Waals surface area contributed by atoms with Crippen LogP contribution in [0.3, 0.4) is 0 Å². The van der Waals surface area contributed by atoms with E-state index in [1.54, 1.807) is 25.1 Å². The Hall–Kier alpha value is -2.68. The molecule has 6 heteroatoms. The second-order valence-electron chi connectivity index (χ2n) is 5.32. The van der Waals surface area contributed by atoms with Crippen molar-refractivity contribution in [1.29, 1.82) is 0 Å². The van der Waals surface area contributed by atoms with E-state index >= 15 is 0 Å². The monoisotopic (exact) mass is 302 g/mol. The highest BCUT2D eigenvalue weighted by Gasteiger charge is 2.38. The van der Waals surface area contributed by atoms with E-state index in [0.717, 1.165) is 6.42 Å². The number of methoxy groups -OCH3 is 1. The maximum Gasteiger partial charge on any atom is 0.408 e. The molecule has 0 aromatic heterocycles. The number of nitrogen functional groups attached to an aromatic ring is 1. The molecule has 22 heavy (non-hydrogen) atoms. The first-order valence-corrected chi connectivity index (χ1v) is 6.89. The zero-order chi connectivity index (χ0) is 16.3. The topological polar surface area (TPSA) is 92.9 Å². The van der Waals surface area contributed by atoms with Crippen molar-refractivity contribution in [3.63, 3.8) is 0 Å². The number of nitrogens with zero attached hydrogens (tertiary/aromatic N) is 1. The molecule has 1 heterocycles. The fourth-order valence-corrected chi connectivity index (χ4v) is 2.59. The highest BCUT2D eigenvalue weighted by Crippen LogP contribution is 2.28. The average molecular weight is 302 g/mol. The number of benzene rings is 1. The Bertz CT molecular complexity index is 674. The molecule has 1 aromatic rings. The highest BCUT2D eigenvalue weighted by atomic mass is 16.5. The molecule has 1 unspecified atom stereocenters. The zero-order valence-corrected chi connectivity index (χ0v) is 12.5. The van der Waals surface area contributed by atoms with Gasteiger partial charge in [0.2, 0.25) is 0 Å². The third-order valence-electron chi connectivity index (χ3n) is 3.83. The number of carbonyl (C=O) groups excluding carboxylic acids is 1. The van der Waals surface area contributed by atoms with Gasteiger partial charge >= 0.3 is 12.1 Å². The van der Waals surface area contributed by atoms with Crippen LogP contribution in [0.15, 0.2) is 18.2 Å². The number of carbonyl (C=O) groups is 2. The normalized spacial score (nSPS) is 20.2. The molecule has 1 amide bonds. The van der Waals surface area contributed by atoms with Crippen molar-refractivity contribution in [2.45, 2.75) is 25.3 Å². The van der Waals surface area contributed by atoms with Crippen LogP contribution in [0.2, 0.25) is 0 Å². The first-order chi connectivity index (χ1) is 10.4. The quantitative estimate of drug-likeness (QED) is 0.470. The van der Waals surface area contributed by atoms with Crippen molar-refractivity contribution < 1.29 is 19.4 Å². The number of amides is 1. The largest absolute Gasteiger partial charge is 0.465 e. The molecule has 3 N–H and O–H groups in total. The summed E-state index contributed by atoms with van der Waals surface area (Å²) in [5.74, 6) is 5.33. The third-order valence-corrected chi connectivity index (χ3v) is 3.83. The predicted molar refractivity (Wildman–Crippen MR) is 81.4 cm³/mol. The molecule has 1 atom stereocenters. The second-order valence-corrected chi connectivity index (χ2v) is 5.32. The third kappa shape index (κ3) is 2.84. The van der Waals surface area contributed by atoms with Crippen molar-refractivity contribution in [3.05, 3.63) is 29.3 Å². The minimum absolute atomic E-state index is 0.276. The Kier molecular flexibility index (Phi) is 4.27. The predicted octanol–water partition coefficient (Wildman–Crippen LogP) is 1.94. The summed E-state index contributed by atoms with van der Waals surface area (Å²) in [5.41, 5.74) is 6.12. The number of anilines is 1. The van der Waals surface area contributed by atoms with Crippen LogP contribution in [0.1, 0.15) is 35.7 Å². The summed E-state index contributed by atoms with van der Waals surface area (Å²) in [6.45, 7) is 2.23. The smallest absolute Gasteiger partial charge is 0.408 e. The summed E-state index contributed by atoms with van der Waals surface area (Å²) in [7, 11) is 1.28. The van der Waals surface area contributed by atoms with Gasteiger partial charge in [-0.05, 0) is 31.9 Å². The van der Waals surface area contributed by atoms with Gasteiger partial charge in [-0.15, -0.1) is 0 Å². The number of rotatable bonds is 1. The zero-order valence-electron chi connectivity index (χ0n) is 12.5. The molecule has 1 saturated heterocycles. The van der Waals surface area contributed by atoms with Gasteiger partial charge in [-0.1, -0.05) is 17.9 Å². The van der Waals surface area contributed by atoms with E-state index in [0.29, 0.717) is 24.2 Å². The lowest BCUT2D eigenvalue weighted by atomic mass is 9.98. The maximum atomic E-state index is 11.8. The maximum absolute atomic E-state index is 11.8. The van der Waals surface area contributed by atoms with Gasteiger partial charge in [0.15, 0.2) is 0 Å². The fourth-order valence-electron chi connectivity index (χ4n) is 2.59. The number of carboxylic acid groups (broad SMARTS) is 1. The summed E-state index contributed by atoms with van der Waals surface area (Å²) >= 11 is 0. The Labute approximate surface area is 128 Å². The van der Waals surface area contributed by atoms with Gasteiger partial charge < -0.3 is 15.6 Å². The minimum atomic E-state index is -0.997. The fraction of sp³-hybridized carbons (Fsp3) is 0.375. The highest BCUT2D eigenvalue weighted by molar-refractivity contribution is 5.94. The van der Waals surface area contributed by atoms with Crippen LogP contribution in [0.4, 0.5) is 10.5 Å². The lowest BCUT2D eigenvalue weighted by Crippen LogP contribution is -2.43. The van der Waals surface area contributed by atoms with E-state index in [4.69, 9.17) is 10.5 Å². The van der Waals surface area contributed by atoms with Crippen LogP contribution in [-0.2, 0) is 4.74 Å². The van der Waals surface area contributed by atoms with E-state index in [-0.39, 0.29) is 5.56 Å². The molecule has 6 nitrogen and oxygen atoms in total.